The minimum Gasteiger partial charge on any atom is -0.481 e. The van der Waals surface area contributed by atoms with E-state index in [4.69, 9.17) is 5.73 Å². The van der Waals surface area contributed by atoms with E-state index >= 15 is 0 Å². The van der Waals surface area contributed by atoms with Gasteiger partial charge in [-0.1, -0.05) is 18.2 Å². The van der Waals surface area contributed by atoms with E-state index in [0.717, 1.165) is 0 Å². The van der Waals surface area contributed by atoms with Crippen LogP contribution in [-0.2, 0) is 9.59 Å². The molecule has 1 atom stereocenters. The lowest BCUT2D eigenvalue weighted by Gasteiger charge is -2.33. The second kappa shape index (κ2) is 5.60. The van der Waals surface area contributed by atoms with Crippen molar-refractivity contribution in [2.24, 2.45) is 5.73 Å². The van der Waals surface area contributed by atoms with Gasteiger partial charge in [0, 0.05) is 12.2 Å². The van der Waals surface area contributed by atoms with Gasteiger partial charge in [0.2, 0.25) is 5.91 Å². The molecule has 7 heteroatoms. The first kappa shape index (κ1) is 13.9. The van der Waals surface area contributed by atoms with Crippen LogP contribution < -0.4 is 16.0 Å². The number of carbonyl (C=O) groups excluding carboxylic acids is 2. The molecule has 0 saturated heterocycles. The van der Waals surface area contributed by atoms with Crippen molar-refractivity contribution >= 4 is 23.6 Å². The lowest BCUT2D eigenvalue weighted by Crippen LogP contribution is -2.44. The Morgan fingerprint density at radius 3 is 2.70 bits per heavy atom. The number of benzene rings is 1. The fourth-order valence-corrected chi connectivity index (χ4v) is 2.40. The van der Waals surface area contributed by atoms with Gasteiger partial charge in [-0.3, -0.25) is 14.9 Å². The number of aliphatic carboxylic acids is 1. The average molecular weight is 277 g/mol. The summed E-state index contributed by atoms with van der Waals surface area (Å²) >= 11 is 0. The largest absolute Gasteiger partial charge is 0.481 e. The number of nitrogens with two attached hydrogens (primary N) is 1. The van der Waals surface area contributed by atoms with Gasteiger partial charge in [-0.15, -0.1) is 0 Å². The number of carboxylic acids is 1. The van der Waals surface area contributed by atoms with Crippen LogP contribution in [0.1, 0.15) is 17.9 Å². The summed E-state index contributed by atoms with van der Waals surface area (Å²) in [6.45, 7) is 0.395. The quantitative estimate of drug-likeness (QED) is 0.733. The van der Waals surface area contributed by atoms with Crippen LogP contribution >= 0.6 is 0 Å². The van der Waals surface area contributed by atoms with Crippen LogP contribution in [0.15, 0.2) is 24.3 Å². The van der Waals surface area contributed by atoms with E-state index in [2.05, 4.69) is 0 Å². The predicted octanol–water partition coefficient (Wildman–Crippen LogP) is 0.260. The Morgan fingerprint density at radius 1 is 1.35 bits per heavy atom. The van der Waals surface area contributed by atoms with Gasteiger partial charge in [0.05, 0.1) is 12.5 Å². The van der Waals surface area contributed by atoms with Crippen molar-refractivity contribution in [1.29, 1.82) is 0 Å². The number of imide groups is 1. The highest BCUT2D eigenvalue weighted by Crippen LogP contribution is 2.34. The topological polar surface area (TPSA) is 113 Å². The first-order chi connectivity index (χ1) is 9.49. The fourth-order valence-electron chi connectivity index (χ4n) is 2.40. The van der Waals surface area contributed by atoms with Gasteiger partial charge >= 0.3 is 12.0 Å². The Labute approximate surface area is 115 Å². The third-order valence-corrected chi connectivity index (χ3v) is 3.24. The van der Waals surface area contributed by atoms with Gasteiger partial charge in [-0.25, -0.2) is 4.79 Å². The fraction of sp³-hybridized carbons (Fsp3) is 0.308. The molecule has 0 radical (unpaired) electrons. The zero-order valence-electron chi connectivity index (χ0n) is 10.7. The Morgan fingerprint density at radius 2 is 2.05 bits per heavy atom. The minimum atomic E-state index is -0.899. The van der Waals surface area contributed by atoms with E-state index in [1.807, 2.05) is 5.32 Å². The third-order valence-electron chi connectivity index (χ3n) is 3.24. The molecular formula is C13H15N3O4. The molecule has 4 N–H and O–H groups in total. The summed E-state index contributed by atoms with van der Waals surface area (Å²) in [4.78, 5) is 35.2. The third kappa shape index (κ3) is 2.87. The van der Waals surface area contributed by atoms with Gasteiger partial charge in [0.1, 0.15) is 0 Å². The Balaban J connectivity index is 2.21. The van der Waals surface area contributed by atoms with Crippen molar-refractivity contribution in [3.63, 3.8) is 0 Å². The molecule has 7 nitrogen and oxygen atoms in total. The SMILES string of the molecule is NC(=O)NC(=O)CN1CCC(C(=O)O)c2ccccc21. The van der Waals surface area contributed by atoms with E-state index in [1.54, 1.807) is 29.2 Å². The molecule has 20 heavy (non-hydrogen) atoms. The highest BCUT2D eigenvalue weighted by Gasteiger charge is 2.30. The predicted molar refractivity (Wildman–Crippen MR) is 71.4 cm³/mol. The monoisotopic (exact) mass is 277 g/mol. The second-order valence-electron chi connectivity index (χ2n) is 4.57. The maximum atomic E-state index is 11.6. The Kier molecular flexibility index (Phi) is 3.88. The number of rotatable bonds is 3. The summed E-state index contributed by atoms with van der Waals surface area (Å²) < 4.78 is 0. The maximum absolute atomic E-state index is 11.6. The first-order valence-corrected chi connectivity index (χ1v) is 6.15. The van der Waals surface area contributed by atoms with E-state index in [1.165, 1.54) is 0 Å². The van der Waals surface area contributed by atoms with Crippen molar-refractivity contribution in [2.75, 3.05) is 18.0 Å². The molecule has 0 bridgehead atoms. The number of nitrogens with one attached hydrogen (secondary N) is 1. The molecule has 1 aromatic carbocycles. The molecule has 3 amide bonds. The molecule has 0 fully saturated rings. The molecule has 0 saturated carbocycles. The number of urea groups is 1. The van der Waals surface area contributed by atoms with Crippen LogP contribution in [0, 0.1) is 0 Å². The van der Waals surface area contributed by atoms with Crippen molar-refractivity contribution in [2.45, 2.75) is 12.3 Å². The maximum Gasteiger partial charge on any atom is 0.318 e. The van der Waals surface area contributed by atoms with Gasteiger partial charge in [-0.05, 0) is 18.1 Å². The van der Waals surface area contributed by atoms with Gasteiger partial charge in [-0.2, -0.15) is 0 Å². The molecule has 0 spiro atoms. The van der Waals surface area contributed by atoms with Crippen LogP contribution in [0.2, 0.25) is 0 Å². The van der Waals surface area contributed by atoms with Crippen molar-refractivity contribution in [3.05, 3.63) is 29.8 Å². The second-order valence-corrected chi connectivity index (χ2v) is 4.57. The number of hydrogen-bond donors (Lipinski definition) is 3. The summed E-state index contributed by atoms with van der Waals surface area (Å²) in [5.41, 5.74) is 6.27. The summed E-state index contributed by atoms with van der Waals surface area (Å²) in [7, 11) is 0. The number of carbonyl (C=O) groups is 3. The highest BCUT2D eigenvalue weighted by molar-refractivity contribution is 5.96. The zero-order valence-corrected chi connectivity index (χ0v) is 10.7. The van der Waals surface area contributed by atoms with Crippen LogP contribution in [0.25, 0.3) is 0 Å². The van der Waals surface area contributed by atoms with Crippen LogP contribution in [-0.4, -0.2) is 36.1 Å². The normalized spacial score (nSPS) is 17.2. The zero-order chi connectivity index (χ0) is 14.7. The number of amides is 3. The van der Waals surface area contributed by atoms with Crippen LogP contribution in [0.4, 0.5) is 10.5 Å². The Bertz CT molecular complexity index is 558. The molecular weight excluding hydrogens is 262 g/mol. The van der Waals surface area contributed by atoms with Gasteiger partial charge < -0.3 is 15.7 Å². The molecule has 1 heterocycles. The number of hydrogen-bond acceptors (Lipinski definition) is 4. The number of primary amides is 1. The highest BCUT2D eigenvalue weighted by atomic mass is 16.4. The molecule has 1 aliphatic heterocycles. The van der Waals surface area contributed by atoms with Crippen molar-refractivity contribution in [3.8, 4) is 0 Å². The lowest BCUT2D eigenvalue weighted by molar-refractivity contribution is -0.139. The van der Waals surface area contributed by atoms with E-state index < -0.39 is 23.8 Å². The molecule has 1 unspecified atom stereocenters. The average Bonchev–Trinajstić information content (AvgIpc) is 2.37. The molecule has 2 rings (SSSR count). The number of anilines is 1. The number of fused-ring (bicyclic) bond motifs is 1. The standard InChI is InChI=1S/C13H15N3O4/c14-13(20)15-11(17)7-16-6-5-9(12(18)19)8-3-1-2-4-10(8)16/h1-4,9H,5-7H2,(H,18,19)(H3,14,15,17,20). The molecule has 1 aliphatic rings. The van der Waals surface area contributed by atoms with E-state index in [9.17, 15) is 19.5 Å². The summed E-state index contributed by atoms with van der Waals surface area (Å²) in [6, 6.07) is 6.15. The number of nitrogens with zero attached hydrogens (tertiary/aromatic N) is 1. The Hall–Kier alpha value is -2.57. The van der Waals surface area contributed by atoms with Gasteiger partial charge in [0.15, 0.2) is 0 Å². The van der Waals surface area contributed by atoms with Crippen molar-refractivity contribution < 1.29 is 19.5 Å². The van der Waals surface area contributed by atoms with Crippen LogP contribution in [0.5, 0.6) is 0 Å². The van der Waals surface area contributed by atoms with E-state index in [0.29, 0.717) is 24.2 Å². The molecule has 106 valence electrons. The smallest absolute Gasteiger partial charge is 0.318 e. The number of para-hydroxylation sites is 1. The molecule has 0 aromatic heterocycles. The van der Waals surface area contributed by atoms with Gasteiger partial charge in [0.25, 0.3) is 0 Å². The lowest BCUT2D eigenvalue weighted by atomic mass is 9.90. The number of carboxylic acid groups (broad SMARTS) is 1. The molecule has 1 aromatic rings. The summed E-state index contributed by atoms with van der Waals surface area (Å²) in [5.74, 6) is -1.96. The first-order valence-electron chi connectivity index (χ1n) is 6.15. The van der Waals surface area contributed by atoms with Crippen molar-refractivity contribution in [1.82, 2.24) is 5.32 Å². The summed E-state index contributed by atoms with van der Waals surface area (Å²) in [6.07, 6.45) is 0.413. The molecule has 0 aliphatic carbocycles. The van der Waals surface area contributed by atoms with E-state index in [-0.39, 0.29) is 6.54 Å². The summed E-state index contributed by atoms with van der Waals surface area (Å²) in [5, 5.41) is 11.2. The van der Waals surface area contributed by atoms with Crippen LogP contribution in [0.3, 0.4) is 0 Å². The minimum absolute atomic E-state index is 0.0354.